The van der Waals surface area contributed by atoms with E-state index in [0.717, 1.165) is 12.2 Å². The van der Waals surface area contributed by atoms with E-state index in [-0.39, 0.29) is 11.8 Å². The molecule has 0 aliphatic heterocycles. The van der Waals surface area contributed by atoms with Gasteiger partial charge in [-0.25, -0.2) is 0 Å². The molecule has 0 radical (unpaired) electrons. The fourth-order valence-corrected chi connectivity index (χ4v) is 2.10. The third-order valence-electron chi connectivity index (χ3n) is 1.89. The maximum absolute atomic E-state index is 10.5. The van der Waals surface area contributed by atoms with Gasteiger partial charge < -0.3 is 9.67 Å². The van der Waals surface area contributed by atoms with E-state index in [0.29, 0.717) is 5.16 Å². The van der Waals surface area contributed by atoms with Crippen LogP contribution in [0.5, 0.6) is 0 Å². The van der Waals surface area contributed by atoms with Gasteiger partial charge in [0.2, 0.25) is 0 Å². The zero-order valence-corrected chi connectivity index (χ0v) is 9.91. The number of carboxylic acid groups (broad SMARTS) is 1. The van der Waals surface area contributed by atoms with E-state index in [1.807, 2.05) is 25.3 Å². The van der Waals surface area contributed by atoms with Crippen molar-refractivity contribution in [3.05, 3.63) is 5.82 Å². The molecule has 1 rings (SSSR count). The van der Waals surface area contributed by atoms with Crippen molar-refractivity contribution in [3.63, 3.8) is 0 Å². The summed E-state index contributed by atoms with van der Waals surface area (Å²) in [6.07, 6.45) is 0.804. The first-order valence-corrected chi connectivity index (χ1v) is 5.83. The summed E-state index contributed by atoms with van der Waals surface area (Å²) in [5.74, 6) is 0.0865. The molecule has 1 heterocycles. The van der Waals surface area contributed by atoms with Crippen LogP contribution in [0, 0.1) is 0 Å². The minimum atomic E-state index is -0.837. The van der Waals surface area contributed by atoms with Gasteiger partial charge in [-0.15, -0.1) is 10.2 Å². The van der Waals surface area contributed by atoms with Crippen molar-refractivity contribution < 1.29 is 9.90 Å². The third kappa shape index (κ3) is 2.95. The van der Waals surface area contributed by atoms with Gasteiger partial charge in [-0.3, -0.25) is 4.79 Å². The molecule has 5 nitrogen and oxygen atoms in total. The average Bonchev–Trinajstić information content (AvgIpc) is 2.57. The lowest BCUT2D eigenvalue weighted by molar-refractivity contribution is -0.133. The van der Waals surface area contributed by atoms with E-state index >= 15 is 0 Å². The largest absolute Gasteiger partial charge is 0.481 e. The van der Waals surface area contributed by atoms with Crippen LogP contribution in [0.1, 0.15) is 32.6 Å². The summed E-state index contributed by atoms with van der Waals surface area (Å²) < 4.78 is 1.98. The number of thioether (sulfide) groups is 1. The maximum atomic E-state index is 10.5. The summed E-state index contributed by atoms with van der Waals surface area (Å²) in [7, 11) is 0. The molecule has 0 saturated heterocycles. The number of carbonyl (C=O) groups is 1. The fourth-order valence-electron chi connectivity index (χ4n) is 1.29. The second kappa shape index (κ2) is 5.16. The summed E-state index contributed by atoms with van der Waals surface area (Å²) in [5.41, 5.74) is 0. The zero-order chi connectivity index (χ0) is 11.4. The first-order chi connectivity index (χ1) is 7.06. The number of aromatic nitrogens is 3. The monoisotopic (exact) mass is 229 g/mol. The second-order valence-corrected chi connectivity index (χ2v) is 4.34. The molecule has 0 saturated carbocycles. The normalized spacial score (nSPS) is 10.9. The fraction of sp³-hybridized carbons (Fsp3) is 0.667. The molecule has 0 fully saturated rings. The van der Waals surface area contributed by atoms with Gasteiger partial charge in [0.25, 0.3) is 0 Å². The maximum Gasteiger partial charge on any atom is 0.313 e. The Morgan fingerprint density at radius 3 is 2.67 bits per heavy atom. The van der Waals surface area contributed by atoms with Crippen molar-refractivity contribution >= 4 is 17.7 Å². The van der Waals surface area contributed by atoms with Crippen LogP contribution in [0.4, 0.5) is 0 Å². The number of rotatable bonds is 5. The molecule has 0 bridgehead atoms. The molecular weight excluding hydrogens is 214 g/mol. The van der Waals surface area contributed by atoms with Gasteiger partial charge >= 0.3 is 5.97 Å². The van der Waals surface area contributed by atoms with Crippen LogP contribution in [0.2, 0.25) is 0 Å². The molecule has 0 spiro atoms. The lowest BCUT2D eigenvalue weighted by Gasteiger charge is -2.11. The third-order valence-corrected chi connectivity index (χ3v) is 2.82. The standard InChI is InChI=1S/C9H15N3O2S/c1-4-7-10-11-9(12(7)6(2)3)15-5-8(13)14/h6H,4-5H2,1-3H3,(H,13,14). The lowest BCUT2D eigenvalue weighted by Crippen LogP contribution is -2.08. The van der Waals surface area contributed by atoms with Crippen molar-refractivity contribution in [1.82, 2.24) is 14.8 Å². The number of hydrogen-bond acceptors (Lipinski definition) is 4. The smallest absolute Gasteiger partial charge is 0.313 e. The number of nitrogens with zero attached hydrogens (tertiary/aromatic N) is 3. The number of aryl methyl sites for hydroxylation is 1. The van der Waals surface area contributed by atoms with Gasteiger partial charge in [-0.2, -0.15) is 0 Å². The summed E-state index contributed by atoms with van der Waals surface area (Å²) in [6, 6.07) is 0.256. The van der Waals surface area contributed by atoms with Crippen LogP contribution in [0.25, 0.3) is 0 Å². The first-order valence-electron chi connectivity index (χ1n) is 4.84. The van der Waals surface area contributed by atoms with Gasteiger partial charge in [-0.1, -0.05) is 18.7 Å². The van der Waals surface area contributed by atoms with E-state index in [4.69, 9.17) is 5.11 Å². The Bertz CT molecular complexity index is 349. The van der Waals surface area contributed by atoms with Crippen LogP contribution in [0.3, 0.4) is 0 Å². The molecule has 1 N–H and O–H groups in total. The Labute approximate surface area is 92.9 Å². The molecule has 0 atom stereocenters. The molecule has 0 amide bonds. The summed E-state index contributed by atoms with van der Waals surface area (Å²) in [6.45, 7) is 6.08. The summed E-state index contributed by atoms with van der Waals surface area (Å²) >= 11 is 1.21. The molecule has 1 aromatic heterocycles. The minimum Gasteiger partial charge on any atom is -0.481 e. The van der Waals surface area contributed by atoms with Gasteiger partial charge in [0.1, 0.15) is 5.82 Å². The molecule has 1 aromatic rings. The zero-order valence-electron chi connectivity index (χ0n) is 9.10. The molecular formula is C9H15N3O2S. The predicted octanol–water partition coefficient (Wildman–Crippen LogP) is 1.60. The van der Waals surface area contributed by atoms with Crippen LogP contribution in [-0.2, 0) is 11.2 Å². The van der Waals surface area contributed by atoms with Crippen LogP contribution >= 0.6 is 11.8 Å². The van der Waals surface area contributed by atoms with Crippen molar-refractivity contribution in [1.29, 1.82) is 0 Å². The van der Waals surface area contributed by atoms with Gasteiger partial charge in [-0.05, 0) is 13.8 Å². The van der Waals surface area contributed by atoms with Crippen LogP contribution in [-0.4, -0.2) is 31.6 Å². The lowest BCUT2D eigenvalue weighted by atomic mass is 10.3. The molecule has 15 heavy (non-hydrogen) atoms. The topological polar surface area (TPSA) is 68.0 Å². The van der Waals surface area contributed by atoms with Gasteiger partial charge in [0.15, 0.2) is 5.16 Å². The first kappa shape index (κ1) is 12.0. The Kier molecular flexibility index (Phi) is 4.14. The van der Waals surface area contributed by atoms with Gasteiger partial charge in [0.05, 0.1) is 5.75 Å². The average molecular weight is 229 g/mol. The molecule has 0 aliphatic carbocycles. The number of aliphatic carboxylic acids is 1. The van der Waals surface area contributed by atoms with Crippen molar-refractivity contribution in [3.8, 4) is 0 Å². The molecule has 6 heteroatoms. The molecule has 84 valence electrons. The Hall–Kier alpha value is -1.04. The highest BCUT2D eigenvalue weighted by Crippen LogP contribution is 2.21. The molecule has 0 unspecified atom stereocenters. The Morgan fingerprint density at radius 2 is 2.20 bits per heavy atom. The van der Waals surface area contributed by atoms with Gasteiger partial charge in [0, 0.05) is 12.5 Å². The Morgan fingerprint density at radius 1 is 1.53 bits per heavy atom. The number of hydrogen-bond donors (Lipinski definition) is 1. The van der Waals surface area contributed by atoms with E-state index in [2.05, 4.69) is 10.2 Å². The predicted molar refractivity (Wildman–Crippen MR) is 58.1 cm³/mol. The number of carboxylic acids is 1. The highest BCUT2D eigenvalue weighted by molar-refractivity contribution is 7.99. The van der Waals surface area contributed by atoms with E-state index < -0.39 is 5.97 Å². The van der Waals surface area contributed by atoms with Crippen LogP contribution < -0.4 is 0 Å². The van der Waals surface area contributed by atoms with E-state index in [1.54, 1.807) is 0 Å². The molecule has 0 aliphatic rings. The minimum absolute atomic E-state index is 0.0224. The quantitative estimate of drug-likeness (QED) is 0.777. The highest BCUT2D eigenvalue weighted by atomic mass is 32.2. The van der Waals surface area contributed by atoms with Crippen LogP contribution in [0.15, 0.2) is 5.16 Å². The SMILES string of the molecule is CCc1nnc(SCC(=O)O)n1C(C)C. The van der Waals surface area contributed by atoms with E-state index in [9.17, 15) is 4.79 Å². The highest BCUT2D eigenvalue weighted by Gasteiger charge is 2.14. The Balaban J connectivity index is 2.87. The summed E-state index contributed by atoms with van der Waals surface area (Å²) in [5, 5.41) is 17.3. The second-order valence-electron chi connectivity index (χ2n) is 3.40. The molecule has 0 aromatic carbocycles. The van der Waals surface area contributed by atoms with Crippen molar-refractivity contribution in [2.24, 2.45) is 0 Å². The van der Waals surface area contributed by atoms with Crippen molar-refractivity contribution in [2.75, 3.05) is 5.75 Å². The summed E-state index contributed by atoms with van der Waals surface area (Å²) in [4.78, 5) is 10.5. The van der Waals surface area contributed by atoms with Crippen molar-refractivity contribution in [2.45, 2.75) is 38.4 Å². The van der Waals surface area contributed by atoms with E-state index in [1.165, 1.54) is 11.8 Å².